The van der Waals surface area contributed by atoms with E-state index in [0.29, 0.717) is 5.92 Å². The summed E-state index contributed by atoms with van der Waals surface area (Å²) >= 11 is 0. The number of nitrogens with two attached hydrogens (primary N) is 1. The van der Waals surface area contributed by atoms with Gasteiger partial charge in [-0.3, -0.25) is 0 Å². The lowest BCUT2D eigenvalue weighted by Gasteiger charge is -2.28. The summed E-state index contributed by atoms with van der Waals surface area (Å²) in [7, 11) is 0. The molecule has 0 unspecified atom stereocenters. The van der Waals surface area contributed by atoms with Crippen LogP contribution in [0.15, 0.2) is 0 Å². The van der Waals surface area contributed by atoms with Crippen LogP contribution in [0.3, 0.4) is 0 Å². The normalized spacial score (nSPS) is 25.7. The maximum atomic E-state index is 9.55. The Morgan fingerprint density at radius 2 is 1.79 bits per heavy atom. The lowest BCUT2D eigenvalue weighted by molar-refractivity contribution is 0.00903. The van der Waals surface area contributed by atoms with Gasteiger partial charge in [0.1, 0.15) is 0 Å². The van der Waals surface area contributed by atoms with Gasteiger partial charge in [0.2, 0.25) is 0 Å². The lowest BCUT2D eigenvalue weighted by atomic mass is 9.83. The van der Waals surface area contributed by atoms with Gasteiger partial charge >= 0.3 is 0 Å². The number of hydrogen-bond acceptors (Lipinski definition) is 3. The third kappa shape index (κ3) is 3.56. The molecule has 0 aromatic carbocycles. The van der Waals surface area contributed by atoms with Gasteiger partial charge in [0.15, 0.2) is 0 Å². The van der Waals surface area contributed by atoms with Crippen molar-refractivity contribution in [1.29, 1.82) is 0 Å². The second-order valence-electron chi connectivity index (χ2n) is 4.63. The molecule has 0 aliphatic heterocycles. The molecule has 0 spiro atoms. The van der Waals surface area contributed by atoms with Crippen LogP contribution in [-0.4, -0.2) is 28.5 Å². The van der Waals surface area contributed by atoms with E-state index in [4.69, 9.17) is 5.73 Å². The first kappa shape index (κ1) is 12.0. The van der Waals surface area contributed by atoms with Gasteiger partial charge in [-0.1, -0.05) is 32.1 Å². The second kappa shape index (κ2) is 5.69. The average Bonchev–Trinajstić information content (AvgIpc) is 2.18. The number of aliphatic hydroxyl groups excluding tert-OH is 2. The van der Waals surface area contributed by atoms with Crippen LogP contribution >= 0.6 is 0 Å². The summed E-state index contributed by atoms with van der Waals surface area (Å²) in [6, 6.07) is -0.266. The smallest absolute Gasteiger partial charge is 0.0946 e. The second-order valence-corrected chi connectivity index (χ2v) is 4.63. The molecule has 1 rings (SSSR count). The molecule has 3 heteroatoms. The topological polar surface area (TPSA) is 66.5 Å². The van der Waals surface area contributed by atoms with Gasteiger partial charge in [-0.25, -0.2) is 0 Å². The highest BCUT2D eigenvalue weighted by Crippen LogP contribution is 2.27. The molecule has 0 saturated heterocycles. The van der Waals surface area contributed by atoms with Gasteiger partial charge in [0.05, 0.1) is 12.2 Å². The summed E-state index contributed by atoms with van der Waals surface area (Å²) in [5.74, 6) is 0.659. The molecule has 0 radical (unpaired) electrons. The highest BCUT2D eigenvalue weighted by Gasteiger charge is 2.24. The SMILES string of the molecule is C[C@H](O)[C@H](O)[C@@H](N)CC1CCCCC1. The number of aliphatic hydroxyl groups is 2. The first-order valence-corrected chi connectivity index (χ1v) is 5.73. The van der Waals surface area contributed by atoms with Crippen LogP contribution in [0.2, 0.25) is 0 Å². The molecule has 1 aliphatic rings. The van der Waals surface area contributed by atoms with E-state index in [-0.39, 0.29) is 6.04 Å². The van der Waals surface area contributed by atoms with Crippen LogP contribution in [0, 0.1) is 5.92 Å². The van der Waals surface area contributed by atoms with Crippen molar-refractivity contribution in [3.05, 3.63) is 0 Å². The van der Waals surface area contributed by atoms with Crippen molar-refractivity contribution in [3.8, 4) is 0 Å². The van der Waals surface area contributed by atoms with E-state index in [1.54, 1.807) is 6.92 Å². The van der Waals surface area contributed by atoms with E-state index in [1.165, 1.54) is 32.1 Å². The molecule has 3 nitrogen and oxygen atoms in total. The van der Waals surface area contributed by atoms with Crippen molar-refractivity contribution in [1.82, 2.24) is 0 Å². The van der Waals surface area contributed by atoms with Crippen LogP contribution in [0.4, 0.5) is 0 Å². The van der Waals surface area contributed by atoms with Crippen LogP contribution in [0.1, 0.15) is 45.4 Å². The van der Waals surface area contributed by atoms with Crippen LogP contribution in [0.5, 0.6) is 0 Å². The molecule has 1 fully saturated rings. The Kier molecular flexibility index (Phi) is 4.85. The van der Waals surface area contributed by atoms with Gasteiger partial charge < -0.3 is 15.9 Å². The summed E-state index contributed by atoms with van der Waals surface area (Å²) < 4.78 is 0. The van der Waals surface area contributed by atoms with Gasteiger partial charge in [-0.15, -0.1) is 0 Å². The Morgan fingerprint density at radius 1 is 1.21 bits per heavy atom. The summed E-state index contributed by atoms with van der Waals surface area (Å²) in [6.45, 7) is 1.59. The zero-order valence-electron chi connectivity index (χ0n) is 9.02. The summed E-state index contributed by atoms with van der Waals surface area (Å²) in [4.78, 5) is 0. The molecule has 0 bridgehead atoms. The molecule has 4 N–H and O–H groups in total. The Labute approximate surface area is 86.3 Å². The van der Waals surface area contributed by atoms with Crippen LogP contribution in [0.25, 0.3) is 0 Å². The minimum Gasteiger partial charge on any atom is -0.391 e. The first-order chi connectivity index (χ1) is 6.61. The minimum atomic E-state index is -0.767. The van der Waals surface area contributed by atoms with Gasteiger partial charge in [0.25, 0.3) is 0 Å². The fourth-order valence-corrected chi connectivity index (χ4v) is 2.30. The molecule has 3 atom stereocenters. The van der Waals surface area contributed by atoms with Crippen LogP contribution in [-0.2, 0) is 0 Å². The first-order valence-electron chi connectivity index (χ1n) is 5.73. The van der Waals surface area contributed by atoms with Crippen LogP contribution < -0.4 is 5.73 Å². The highest BCUT2D eigenvalue weighted by molar-refractivity contribution is 4.80. The Bertz CT molecular complexity index is 155. The molecule has 0 aromatic heterocycles. The molecular weight excluding hydrogens is 178 g/mol. The number of rotatable bonds is 4. The predicted molar refractivity (Wildman–Crippen MR) is 56.9 cm³/mol. The zero-order valence-corrected chi connectivity index (χ0v) is 9.02. The van der Waals surface area contributed by atoms with Crippen molar-refractivity contribution in [2.75, 3.05) is 0 Å². The van der Waals surface area contributed by atoms with Crippen molar-refractivity contribution in [2.45, 2.75) is 63.7 Å². The Balaban J connectivity index is 2.27. The molecule has 1 aliphatic carbocycles. The average molecular weight is 201 g/mol. The Hall–Kier alpha value is -0.120. The monoisotopic (exact) mass is 201 g/mol. The number of hydrogen-bond donors (Lipinski definition) is 3. The van der Waals surface area contributed by atoms with Crippen molar-refractivity contribution < 1.29 is 10.2 Å². The quantitative estimate of drug-likeness (QED) is 0.636. The summed E-state index contributed by atoms with van der Waals surface area (Å²) in [5, 5.41) is 18.7. The fraction of sp³-hybridized carbons (Fsp3) is 1.00. The molecular formula is C11H23NO2. The fourth-order valence-electron chi connectivity index (χ4n) is 2.30. The zero-order chi connectivity index (χ0) is 10.6. The van der Waals surface area contributed by atoms with Gasteiger partial charge in [-0.05, 0) is 19.3 Å². The third-order valence-electron chi connectivity index (χ3n) is 3.26. The van der Waals surface area contributed by atoms with Gasteiger partial charge in [0, 0.05) is 6.04 Å². The van der Waals surface area contributed by atoms with E-state index >= 15 is 0 Å². The van der Waals surface area contributed by atoms with E-state index < -0.39 is 12.2 Å². The summed E-state index contributed by atoms with van der Waals surface area (Å²) in [5.41, 5.74) is 5.84. The minimum absolute atomic E-state index is 0.266. The van der Waals surface area contributed by atoms with E-state index in [2.05, 4.69) is 0 Å². The molecule has 0 amide bonds. The molecule has 0 heterocycles. The van der Waals surface area contributed by atoms with Gasteiger partial charge in [-0.2, -0.15) is 0 Å². The van der Waals surface area contributed by atoms with Crippen molar-refractivity contribution >= 4 is 0 Å². The third-order valence-corrected chi connectivity index (χ3v) is 3.26. The highest BCUT2D eigenvalue weighted by atomic mass is 16.3. The largest absolute Gasteiger partial charge is 0.391 e. The lowest BCUT2D eigenvalue weighted by Crippen LogP contribution is -2.43. The molecule has 84 valence electrons. The molecule has 1 saturated carbocycles. The Morgan fingerprint density at radius 3 is 2.29 bits per heavy atom. The van der Waals surface area contributed by atoms with E-state index in [9.17, 15) is 10.2 Å². The van der Waals surface area contributed by atoms with Crippen molar-refractivity contribution in [3.63, 3.8) is 0 Å². The standard InChI is InChI=1S/C11H23NO2/c1-8(13)11(14)10(12)7-9-5-3-2-4-6-9/h8-11,13-14H,2-7,12H2,1H3/t8-,10-,11-/m0/s1. The summed E-state index contributed by atoms with van der Waals surface area (Å²) in [6.07, 6.45) is 5.77. The maximum absolute atomic E-state index is 9.55. The molecule has 0 aromatic rings. The van der Waals surface area contributed by atoms with E-state index in [0.717, 1.165) is 6.42 Å². The predicted octanol–water partition coefficient (Wildman–Crippen LogP) is 1.03. The maximum Gasteiger partial charge on any atom is 0.0946 e. The van der Waals surface area contributed by atoms with Crippen molar-refractivity contribution in [2.24, 2.45) is 11.7 Å². The van der Waals surface area contributed by atoms with E-state index in [1.807, 2.05) is 0 Å². The molecule has 14 heavy (non-hydrogen) atoms.